The molecule has 0 radical (unpaired) electrons. The van der Waals surface area contributed by atoms with E-state index in [4.69, 9.17) is 5.73 Å². The number of nitrogens with zero attached hydrogens (tertiary/aromatic N) is 3. The van der Waals surface area contributed by atoms with Crippen molar-refractivity contribution in [3.05, 3.63) is 51.8 Å². The van der Waals surface area contributed by atoms with Gasteiger partial charge in [0.25, 0.3) is 25.8 Å². The zero-order chi connectivity index (χ0) is 24.7. The van der Waals surface area contributed by atoms with Crippen LogP contribution in [0.2, 0.25) is 0 Å². The van der Waals surface area contributed by atoms with E-state index in [0.29, 0.717) is 5.56 Å². The van der Waals surface area contributed by atoms with Crippen LogP contribution in [0, 0.1) is 13.8 Å². The van der Waals surface area contributed by atoms with Gasteiger partial charge in [-0.2, -0.15) is 16.8 Å². The minimum atomic E-state index is -4.95. The molecule has 5 N–H and O–H groups in total. The number of hydrogen-bond acceptors (Lipinski definition) is 9. The zero-order valence-corrected chi connectivity index (χ0v) is 19.1. The molecule has 0 saturated heterocycles. The van der Waals surface area contributed by atoms with Gasteiger partial charge in [0.2, 0.25) is 0 Å². The van der Waals surface area contributed by atoms with Crippen LogP contribution in [0.25, 0.3) is 10.8 Å². The minimum absolute atomic E-state index is 0.00103. The molecule has 14 heteroatoms. The number of fused-ring (bicyclic) bond motifs is 1. The van der Waals surface area contributed by atoms with E-state index >= 15 is 0 Å². The Balaban J connectivity index is 2.32. The van der Waals surface area contributed by atoms with E-state index in [0.717, 1.165) is 16.7 Å². The number of benzene rings is 2. The summed E-state index contributed by atoms with van der Waals surface area (Å²) in [6, 6.07) is 5.72. The van der Waals surface area contributed by atoms with Gasteiger partial charge in [-0.3, -0.25) is 18.5 Å². The first-order chi connectivity index (χ1) is 15.3. The van der Waals surface area contributed by atoms with Gasteiger partial charge >= 0.3 is 0 Å². The Kier molecular flexibility index (Phi) is 6.41. The first-order valence-electron chi connectivity index (χ1n) is 9.34. The van der Waals surface area contributed by atoms with Crippen molar-refractivity contribution in [2.75, 3.05) is 6.54 Å². The number of pyridine rings is 1. The lowest BCUT2D eigenvalue weighted by atomic mass is 10.1. The van der Waals surface area contributed by atoms with Crippen LogP contribution >= 0.6 is 0 Å². The SMILES string of the molecule is Cc1c(C)c(O)n(CCN)c(=O)c1N=Nc1ccc2c(S(=O)(=O)O)cccc2c1S(=O)(=O)O. The lowest BCUT2D eigenvalue weighted by molar-refractivity contribution is 0.403. The van der Waals surface area contributed by atoms with Gasteiger partial charge < -0.3 is 10.8 Å². The molecular formula is C19H20N4O8S2. The fourth-order valence-electron chi connectivity index (χ4n) is 3.35. The number of rotatable bonds is 6. The summed E-state index contributed by atoms with van der Waals surface area (Å²) in [6.45, 7) is 3.12. The molecule has 0 aliphatic rings. The average Bonchev–Trinajstić information content (AvgIpc) is 2.72. The molecule has 0 amide bonds. The Morgan fingerprint density at radius 3 is 2.18 bits per heavy atom. The highest BCUT2D eigenvalue weighted by Crippen LogP contribution is 2.36. The van der Waals surface area contributed by atoms with Gasteiger partial charge in [-0.15, -0.1) is 10.2 Å². The van der Waals surface area contributed by atoms with Gasteiger partial charge in [0.15, 0.2) is 11.6 Å². The Bertz CT molecular complexity index is 1580. The molecule has 0 fully saturated rings. The van der Waals surface area contributed by atoms with Gasteiger partial charge in [-0.05, 0) is 31.5 Å². The maximum absolute atomic E-state index is 12.8. The molecule has 1 aromatic heterocycles. The van der Waals surface area contributed by atoms with E-state index in [1.807, 2.05) is 0 Å². The molecule has 0 aliphatic carbocycles. The van der Waals surface area contributed by atoms with Crippen molar-refractivity contribution in [3.63, 3.8) is 0 Å². The number of nitrogens with two attached hydrogens (primary N) is 1. The van der Waals surface area contributed by atoms with Crippen LogP contribution in [0.3, 0.4) is 0 Å². The maximum atomic E-state index is 12.8. The Morgan fingerprint density at radius 1 is 0.939 bits per heavy atom. The third-order valence-corrected chi connectivity index (χ3v) is 6.91. The smallest absolute Gasteiger partial charge is 0.297 e. The number of hydrogen-bond donors (Lipinski definition) is 4. The van der Waals surface area contributed by atoms with Crippen molar-refractivity contribution >= 4 is 42.4 Å². The second-order valence-corrected chi connectivity index (χ2v) is 9.83. The first kappa shape index (κ1) is 24.5. The second kappa shape index (κ2) is 8.64. The zero-order valence-electron chi connectivity index (χ0n) is 17.4. The summed E-state index contributed by atoms with van der Waals surface area (Å²) in [7, 11) is -9.65. The minimum Gasteiger partial charge on any atom is -0.494 e. The Labute approximate surface area is 188 Å². The lowest BCUT2D eigenvalue weighted by Crippen LogP contribution is -2.25. The summed E-state index contributed by atoms with van der Waals surface area (Å²) in [4.78, 5) is 11.4. The van der Waals surface area contributed by atoms with E-state index in [-0.39, 0.29) is 46.7 Å². The van der Waals surface area contributed by atoms with Gasteiger partial charge in [-0.25, -0.2) is 0 Å². The molecule has 12 nitrogen and oxygen atoms in total. The molecule has 176 valence electrons. The highest BCUT2D eigenvalue weighted by Gasteiger charge is 2.24. The Morgan fingerprint density at radius 2 is 1.61 bits per heavy atom. The summed E-state index contributed by atoms with van der Waals surface area (Å²) in [5.74, 6) is -0.288. The van der Waals surface area contributed by atoms with Crippen LogP contribution in [0.4, 0.5) is 11.4 Å². The van der Waals surface area contributed by atoms with Crippen molar-refractivity contribution in [2.24, 2.45) is 16.0 Å². The van der Waals surface area contributed by atoms with Gasteiger partial charge in [0.1, 0.15) is 15.5 Å². The van der Waals surface area contributed by atoms with Crippen molar-refractivity contribution in [1.82, 2.24) is 4.57 Å². The number of aromatic hydroxyl groups is 1. The summed E-state index contributed by atoms with van der Waals surface area (Å²) in [5, 5.41) is 17.5. The second-order valence-electron chi connectivity index (χ2n) is 7.08. The van der Waals surface area contributed by atoms with Gasteiger partial charge in [0.05, 0.1) is 0 Å². The normalized spacial score (nSPS) is 12.6. The fraction of sp³-hybridized carbons (Fsp3) is 0.211. The molecule has 0 spiro atoms. The molecule has 3 rings (SSSR count). The molecule has 0 atom stereocenters. The summed E-state index contributed by atoms with van der Waals surface area (Å²) >= 11 is 0. The lowest BCUT2D eigenvalue weighted by Gasteiger charge is -2.13. The van der Waals surface area contributed by atoms with Crippen molar-refractivity contribution in [1.29, 1.82) is 0 Å². The van der Waals surface area contributed by atoms with E-state index in [2.05, 4.69) is 10.2 Å². The van der Waals surface area contributed by atoms with E-state index < -0.39 is 35.6 Å². The molecule has 0 saturated carbocycles. The van der Waals surface area contributed by atoms with E-state index in [1.54, 1.807) is 6.92 Å². The third-order valence-electron chi connectivity index (χ3n) is 5.05. The summed E-state index contributed by atoms with van der Waals surface area (Å²) in [6.07, 6.45) is 0. The molecule has 0 aliphatic heterocycles. The number of azo groups is 1. The van der Waals surface area contributed by atoms with Crippen LogP contribution in [-0.2, 0) is 26.8 Å². The molecule has 2 aromatic carbocycles. The molecule has 1 heterocycles. The van der Waals surface area contributed by atoms with Crippen molar-refractivity contribution in [2.45, 2.75) is 30.2 Å². The predicted octanol–water partition coefficient (Wildman–Crippen LogP) is 2.19. The van der Waals surface area contributed by atoms with E-state index in [9.17, 15) is 35.8 Å². The van der Waals surface area contributed by atoms with Crippen LogP contribution in [0.5, 0.6) is 5.88 Å². The van der Waals surface area contributed by atoms with Crippen LogP contribution in [0.1, 0.15) is 11.1 Å². The Hall–Kier alpha value is -3.17. The molecule has 0 unspecified atom stereocenters. The summed E-state index contributed by atoms with van der Waals surface area (Å²) in [5.41, 5.74) is 4.83. The van der Waals surface area contributed by atoms with E-state index in [1.165, 1.54) is 25.1 Å². The quantitative estimate of drug-likeness (QED) is 0.291. The molecular weight excluding hydrogens is 476 g/mol. The third kappa shape index (κ3) is 4.51. The largest absolute Gasteiger partial charge is 0.494 e. The summed E-state index contributed by atoms with van der Waals surface area (Å²) < 4.78 is 67.8. The number of aromatic nitrogens is 1. The van der Waals surface area contributed by atoms with Crippen molar-refractivity contribution in [3.8, 4) is 5.88 Å². The van der Waals surface area contributed by atoms with Crippen LogP contribution in [-0.4, -0.2) is 42.2 Å². The standard InChI is InChI=1S/C19H20N4O8S2/c1-10-11(2)18(24)23(9-8-20)19(25)16(10)22-21-14-7-6-12-13(17(14)33(29,30)31)4-3-5-15(12)32(26,27)28/h3-7,24H,8-9,20H2,1-2H3,(H,26,27,28)(H,29,30,31). The first-order valence-corrected chi connectivity index (χ1v) is 12.2. The van der Waals surface area contributed by atoms with Gasteiger partial charge in [-0.1, -0.05) is 18.2 Å². The fourth-order valence-corrected chi connectivity index (χ4v) is 4.89. The van der Waals surface area contributed by atoms with Gasteiger partial charge in [0, 0.05) is 29.4 Å². The predicted molar refractivity (Wildman–Crippen MR) is 119 cm³/mol. The topological polar surface area (TPSA) is 202 Å². The molecule has 33 heavy (non-hydrogen) atoms. The molecule has 0 bridgehead atoms. The monoisotopic (exact) mass is 496 g/mol. The maximum Gasteiger partial charge on any atom is 0.297 e. The highest BCUT2D eigenvalue weighted by molar-refractivity contribution is 7.86. The van der Waals surface area contributed by atoms with Crippen LogP contribution in [0.15, 0.2) is 55.1 Å². The average molecular weight is 497 g/mol. The highest BCUT2D eigenvalue weighted by atomic mass is 32.2. The molecule has 3 aromatic rings. The van der Waals surface area contributed by atoms with Crippen LogP contribution < -0.4 is 11.3 Å². The van der Waals surface area contributed by atoms with Crippen molar-refractivity contribution < 1.29 is 31.0 Å².